The molecule has 86 heavy (non-hydrogen) atoms. The summed E-state index contributed by atoms with van der Waals surface area (Å²) in [5, 5.41) is 49.8. The zero-order valence-corrected chi connectivity index (χ0v) is 42.6. The van der Waals surface area contributed by atoms with E-state index in [9.17, 15) is 82.4 Å². The number of nitrogens with one attached hydrogen (secondary N) is 9. The number of nitrogens with two attached hydrogens (primary N) is 2. The first-order valence-electron chi connectivity index (χ1n) is 24.5. The molecule has 0 bridgehead atoms. The number of rotatable bonds is 11. The lowest BCUT2D eigenvalue weighted by atomic mass is 9.96. The van der Waals surface area contributed by atoms with Gasteiger partial charge in [0.1, 0.15) is 48.3 Å². The highest BCUT2D eigenvalue weighted by atomic mass is 16.4. The summed E-state index contributed by atoms with van der Waals surface area (Å²) in [7, 11) is 0. The van der Waals surface area contributed by atoms with Gasteiger partial charge in [0.05, 0.1) is 43.9 Å². The summed E-state index contributed by atoms with van der Waals surface area (Å²) >= 11 is 0. The molecule has 16 N–H and O–H groups in total. The number of amides is 11. The lowest BCUT2D eigenvalue weighted by Crippen LogP contribution is -2.65. The number of fused-ring (bicyclic) bond motifs is 2. The van der Waals surface area contributed by atoms with Gasteiger partial charge in [0.15, 0.2) is 0 Å². The molecule has 12 atom stereocenters. The maximum atomic E-state index is 14.7. The second-order valence-electron chi connectivity index (χ2n) is 19.1. The van der Waals surface area contributed by atoms with E-state index >= 15 is 0 Å². The van der Waals surface area contributed by atoms with Crippen molar-refractivity contribution in [3.63, 3.8) is 0 Å². The Morgan fingerprint density at radius 1 is 0.535 bits per heavy atom. The molecular weight excluding hydrogens is 1130 g/mol. The van der Waals surface area contributed by atoms with Crippen LogP contribution in [0.15, 0.2) is 0 Å². The maximum Gasteiger partial charge on any atom is 0.308 e. The molecule has 3 heterocycles. The van der Waals surface area contributed by atoms with Crippen LogP contribution in [0.4, 0.5) is 0 Å². The molecule has 3 aliphatic rings. The van der Waals surface area contributed by atoms with Gasteiger partial charge in [-0.2, -0.15) is 0 Å². The van der Waals surface area contributed by atoms with Gasteiger partial charge < -0.3 is 84.4 Å². The maximum absolute atomic E-state index is 14.7. The third-order valence-corrected chi connectivity index (χ3v) is 12.9. The summed E-state index contributed by atoms with van der Waals surface area (Å²) in [6.45, 7) is 6.50. The number of hydrogen-bond acceptors (Lipinski definition) is 16. The average Bonchev–Trinajstić information content (AvgIpc) is 3.85. The zero-order valence-electron chi connectivity index (χ0n) is 42.6. The highest BCUT2D eigenvalue weighted by molar-refractivity contribution is 6.00. The third-order valence-electron chi connectivity index (χ3n) is 12.9. The molecule has 0 aromatic heterocycles. The summed E-state index contributed by atoms with van der Waals surface area (Å²) < 4.78 is 0. The first-order chi connectivity index (χ1) is 35.1. The van der Waals surface area contributed by atoms with Crippen LogP contribution in [0.3, 0.4) is 0 Å². The fourth-order valence-corrected chi connectivity index (χ4v) is 8.46. The minimum Gasteiger partial charge on any atom is -0.481 e. The van der Waals surface area contributed by atoms with Crippen LogP contribution in [0.25, 0.3) is 0 Å². The van der Waals surface area contributed by atoms with Crippen molar-refractivity contribution in [1.29, 1.82) is 0 Å². The van der Waals surface area contributed by atoms with Gasteiger partial charge in [-0.1, -0.05) is 102 Å². The van der Waals surface area contributed by atoms with Crippen LogP contribution in [-0.4, -0.2) is 201 Å². The van der Waals surface area contributed by atoms with Crippen LogP contribution in [0.2, 0.25) is 0 Å². The van der Waals surface area contributed by atoms with E-state index in [-0.39, 0.29) is 114 Å². The SMILES string of the molecule is C.C.C.C.C.C.C.C.C.C.C.CCC(N)C(=O)NC1C(=O)N2CCCCC2C(=O)NC(C(C)C(=O)O)C(=O)NC(CC(=O)O)C(=O)NCC(=O)NC(CC(=O)O)C(=O)NCC(=O)NC(C(C)N)C(=O)NC(C(C)C)C(=O)N2CCCC2C(=O)NC1C. The van der Waals surface area contributed by atoms with Gasteiger partial charge >= 0.3 is 17.9 Å². The van der Waals surface area contributed by atoms with Crippen LogP contribution >= 0.6 is 0 Å². The van der Waals surface area contributed by atoms with E-state index < -0.39 is 187 Å². The van der Waals surface area contributed by atoms with E-state index in [2.05, 4.69) is 37.2 Å². The number of carbonyl (C=O) groups is 14. The quantitative estimate of drug-likeness (QED) is 0.133. The predicted octanol–water partition coefficient (Wildman–Crippen LogP) is 0.426. The Kier molecular flexibility index (Phi) is 51.0. The molecule has 0 spiro atoms. The monoisotopic (exact) mass is 1240 g/mol. The Bertz CT molecular complexity index is 2220. The number of carboxylic acid groups (broad SMARTS) is 3. The van der Waals surface area contributed by atoms with Crippen molar-refractivity contribution in [3.05, 3.63) is 0 Å². The molecule has 3 aliphatic heterocycles. The molecule has 3 rings (SSSR count). The number of carbonyl (C=O) groups excluding carboxylic acids is 11. The normalized spacial score (nSPS) is 24.5. The molecule has 3 fully saturated rings. The predicted molar refractivity (Wildman–Crippen MR) is 331 cm³/mol. The van der Waals surface area contributed by atoms with Crippen molar-refractivity contribution in [2.24, 2.45) is 23.3 Å². The lowest BCUT2D eigenvalue weighted by molar-refractivity contribution is -0.149. The first-order valence-corrected chi connectivity index (χ1v) is 24.5. The van der Waals surface area contributed by atoms with E-state index in [0.717, 1.165) is 11.8 Å². The van der Waals surface area contributed by atoms with Crippen LogP contribution in [-0.2, 0) is 67.1 Å². The zero-order chi connectivity index (χ0) is 56.6. The van der Waals surface area contributed by atoms with Gasteiger partial charge in [-0.05, 0) is 65.2 Å². The Labute approximate surface area is 512 Å². The molecule has 3 saturated heterocycles. The molecule has 0 radical (unpaired) electrons. The van der Waals surface area contributed by atoms with Crippen LogP contribution in [0.5, 0.6) is 0 Å². The molecule has 11 amide bonds. The summed E-state index contributed by atoms with van der Waals surface area (Å²) in [6, 6.07) is -16.6. The molecule has 0 aromatic rings. The second kappa shape index (κ2) is 44.9. The summed E-state index contributed by atoms with van der Waals surface area (Å²) in [5.41, 5.74) is 12.1. The second-order valence-corrected chi connectivity index (χ2v) is 19.1. The van der Waals surface area contributed by atoms with Gasteiger partial charge in [0.2, 0.25) is 65.0 Å². The van der Waals surface area contributed by atoms with E-state index in [0.29, 0.717) is 19.3 Å². The highest BCUT2D eigenvalue weighted by Crippen LogP contribution is 2.23. The topological polar surface area (TPSA) is 466 Å². The van der Waals surface area contributed by atoms with E-state index in [1.54, 1.807) is 20.8 Å². The third kappa shape index (κ3) is 27.7. The van der Waals surface area contributed by atoms with Crippen molar-refractivity contribution in [1.82, 2.24) is 57.7 Å². The smallest absolute Gasteiger partial charge is 0.308 e. The van der Waals surface area contributed by atoms with E-state index in [1.165, 1.54) is 18.7 Å². The van der Waals surface area contributed by atoms with Gasteiger partial charge in [0.25, 0.3) is 0 Å². The van der Waals surface area contributed by atoms with Crippen molar-refractivity contribution < 1.29 is 82.4 Å². The molecule has 0 saturated carbocycles. The van der Waals surface area contributed by atoms with E-state index in [1.807, 2.05) is 10.6 Å². The lowest BCUT2D eigenvalue weighted by Gasteiger charge is -2.39. The fraction of sp³-hybridized carbons (Fsp3) is 0.750. The van der Waals surface area contributed by atoms with Gasteiger partial charge in [-0.25, -0.2) is 0 Å². The number of hydrogen-bond donors (Lipinski definition) is 14. The van der Waals surface area contributed by atoms with Gasteiger partial charge in [0, 0.05) is 19.1 Å². The molecular formula is C56H115N13O17. The summed E-state index contributed by atoms with van der Waals surface area (Å²) in [4.78, 5) is 189. The largest absolute Gasteiger partial charge is 0.481 e. The standard InChI is InChI=1S/C45H71N13O17.11CH4/c1-7-23(47)36(65)56-35-22(6)50-39(68)27-12-10-14-58(27)43(72)32(19(2)3)54-42(71)34(21(5)46)53-29(60)18-49-37(66)24(15-30(61)62)51-28(59)17-48-38(67)25(16-31(63)64)52-41(70)33(20(4)45(74)75)55-40(69)26-11-8-9-13-57(26)44(35)73;;;;;;;;;;;/h19-27,32-35H,7-18,46-47H2,1-6H3,(H,48,67)(H,49,66)(H,50,68)(H,51,59)(H,52,70)(H,53,60)(H,54,71)(H,55,69)(H,56,65)(H,61,62)(H,63,64)(H,74,75);11*1H4. The number of aliphatic carboxylic acids is 3. The average molecular weight is 1240 g/mol. The minimum absolute atomic E-state index is 0. The molecule has 506 valence electrons. The molecule has 0 aliphatic carbocycles. The van der Waals surface area contributed by atoms with Crippen molar-refractivity contribution in [2.45, 2.75) is 241 Å². The summed E-state index contributed by atoms with van der Waals surface area (Å²) in [6.07, 6.45) is -1.08. The Morgan fingerprint density at radius 2 is 0.953 bits per heavy atom. The van der Waals surface area contributed by atoms with E-state index in [4.69, 9.17) is 11.5 Å². The van der Waals surface area contributed by atoms with Crippen LogP contribution in [0, 0.1) is 11.8 Å². The molecule has 0 aromatic carbocycles. The molecule has 12 unspecified atom stereocenters. The fourth-order valence-electron chi connectivity index (χ4n) is 8.46. The highest BCUT2D eigenvalue weighted by Gasteiger charge is 2.45. The Morgan fingerprint density at radius 3 is 1.41 bits per heavy atom. The van der Waals surface area contributed by atoms with Crippen molar-refractivity contribution >= 4 is 82.9 Å². The van der Waals surface area contributed by atoms with Crippen LogP contribution < -0.4 is 59.3 Å². The Balaban J connectivity index is -0.000000770. The van der Waals surface area contributed by atoms with Crippen molar-refractivity contribution in [2.75, 3.05) is 26.2 Å². The summed E-state index contributed by atoms with van der Waals surface area (Å²) in [5.74, 6) is -18.8. The van der Waals surface area contributed by atoms with Crippen LogP contribution in [0.1, 0.15) is 175 Å². The molecule has 30 heteroatoms. The minimum atomic E-state index is -2.05. The van der Waals surface area contributed by atoms with Gasteiger partial charge in [-0.15, -0.1) is 0 Å². The Hall–Kier alpha value is -7.50. The van der Waals surface area contributed by atoms with Gasteiger partial charge in [-0.3, -0.25) is 67.1 Å². The number of nitrogens with zero attached hydrogens (tertiary/aromatic N) is 2. The number of piperidine rings is 1. The first kappa shape index (κ1) is 97.6. The number of carboxylic acids is 3. The van der Waals surface area contributed by atoms with Crippen molar-refractivity contribution in [3.8, 4) is 0 Å². The molecule has 30 nitrogen and oxygen atoms in total.